The van der Waals surface area contributed by atoms with Crippen LogP contribution in [0.4, 0.5) is 10.1 Å². The molecule has 0 saturated heterocycles. The van der Waals surface area contributed by atoms with Crippen LogP contribution >= 0.6 is 0 Å². The molecule has 20 heavy (non-hydrogen) atoms. The van der Waals surface area contributed by atoms with Gasteiger partial charge in [-0.25, -0.2) is 12.8 Å². The quantitative estimate of drug-likeness (QED) is 0.899. The van der Waals surface area contributed by atoms with Crippen LogP contribution in [0.2, 0.25) is 0 Å². The molecule has 0 unspecified atom stereocenters. The number of nitrogens with two attached hydrogens (primary N) is 1. The molecule has 2 aromatic carbocycles. The second kappa shape index (κ2) is 5.30. The number of nitrogens with one attached hydrogen (secondary N) is 1. The van der Waals surface area contributed by atoms with Crippen molar-refractivity contribution in [3.05, 3.63) is 59.9 Å². The van der Waals surface area contributed by atoms with E-state index in [-0.39, 0.29) is 16.1 Å². The Bertz CT molecular complexity index is 745. The van der Waals surface area contributed by atoms with Gasteiger partial charge in [0.25, 0.3) is 10.0 Å². The Morgan fingerprint density at radius 2 is 1.75 bits per heavy atom. The van der Waals surface area contributed by atoms with E-state index in [1.807, 2.05) is 0 Å². The minimum Gasteiger partial charge on any atom is -0.366 e. The molecule has 2 rings (SSSR count). The van der Waals surface area contributed by atoms with Crippen molar-refractivity contribution < 1.29 is 17.6 Å². The minimum atomic E-state index is -3.92. The van der Waals surface area contributed by atoms with E-state index >= 15 is 0 Å². The molecule has 0 fully saturated rings. The summed E-state index contributed by atoms with van der Waals surface area (Å²) in [5.41, 5.74) is 4.75. The summed E-state index contributed by atoms with van der Waals surface area (Å²) in [5, 5.41) is 0. The van der Waals surface area contributed by atoms with E-state index in [9.17, 15) is 17.6 Å². The Labute approximate surface area is 115 Å². The van der Waals surface area contributed by atoms with Gasteiger partial charge in [0.2, 0.25) is 5.91 Å². The second-order valence-electron chi connectivity index (χ2n) is 3.98. The van der Waals surface area contributed by atoms with Gasteiger partial charge in [-0.3, -0.25) is 9.52 Å². The first-order chi connectivity index (χ1) is 9.40. The van der Waals surface area contributed by atoms with Crippen LogP contribution in [0, 0.1) is 5.82 Å². The maximum atomic E-state index is 13.6. The third-order valence-electron chi connectivity index (χ3n) is 2.55. The van der Waals surface area contributed by atoms with Gasteiger partial charge in [0.15, 0.2) is 0 Å². The Kier molecular flexibility index (Phi) is 3.71. The van der Waals surface area contributed by atoms with Crippen LogP contribution in [0.5, 0.6) is 0 Å². The largest absolute Gasteiger partial charge is 0.366 e. The van der Waals surface area contributed by atoms with E-state index in [4.69, 9.17) is 5.73 Å². The van der Waals surface area contributed by atoms with Crippen LogP contribution in [0.15, 0.2) is 53.4 Å². The SMILES string of the molecule is NC(=O)c1ccc(F)c(NS(=O)(=O)c2ccccc2)c1. The van der Waals surface area contributed by atoms with E-state index in [0.717, 1.165) is 12.1 Å². The number of halogens is 1. The summed E-state index contributed by atoms with van der Waals surface area (Å²) in [6.45, 7) is 0. The van der Waals surface area contributed by atoms with Crippen molar-refractivity contribution in [3.63, 3.8) is 0 Å². The van der Waals surface area contributed by atoms with Crippen LogP contribution in [-0.4, -0.2) is 14.3 Å². The Balaban J connectivity index is 2.39. The van der Waals surface area contributed by atoms with Crippen LogP contribution in [0.1, 0.15) is 10.4 Å². The molecule has 0 saturated carbocycles. The maximum absolute atomic E-state index is 13.6. The number of benzene rings is 2. The Morgan fingerprint density at radius 1 is 1.10 bits per heavy atom. The summed E-state index contributed by atoms with van der Waals surface area (Å²) in [7, 11) is -3.92. The predicted octanol–water partition coefficient (Wildman–Crippen LogP) is 1.73. The van der Waals surface area contributed by atoms with Crippen molar-refractivity contribution in [2.75, 3.05) is 4.72 Å². The fraction of sp³-hybridized carbons (Fsp3) is 0. The summed E-state index contributed by atoms with van der Waals surface area (Å²) in [6.07, 6.45) is 0. The molecule has 5 nitrogen and oxygen atoms in total. The number of carbonyl (C=O) groups excluding carboxylic acids is 1. The Hall–Kier alpha value is -2.41. The highest BCUT2D eigenvalue weighted by Gasteiger charge is 2.16. The highest BCUT2D eigenvalue weighted by Crippen LogP contribution is 2.20. The summed E-state index contributed by atoms with van der Waals surface area (Å²) in [4.78, 5) is 11.0. The lowest BCUT2D eigenvalue weighted by Crippen LogP contribution is -2.16. The smallest absolute Gasteiger partial charge is 0.261 e. The fourth-order valence-electron chi connectivity index (χ4n) is 1.56. The van der Waals surface area contributed by atoms with Crippen molar-refractivity contribution in [2.24, 2.45) is 5.73 Å². The van der Waals surface area contributed by atoms with Crippen LogP contribution in [0.3, 0.4) is 0 Å². The van der Waals surface area contributed by atoms with Crippen LogP contribution in [-0.2, 0) is 10.0 Å². The standard InChI is InChI=1S/C13H11FN2O3S/c14-11-7-6-9(13(15)17)8-12(11)16-20(18,19)10-4-2-1-3-5-10/h1-8,16H,(H2,15,17). The van der Waals surface area contributed by atoms with Gasteiger partial charge in [0, 0.05) is 5.56 Å². The maximum Gasteiger partial charge on any atom is 0.261 e. The second-order valence-corrected chi connectivity index (χ2v) is 5.66. The number of hydrogen-bond acceptors (Lipinski definition) is 3. The summed E-state index contributed by atoms with van der Waals surface area (Å²) in [6, 6.07) is 10.7. The van der Waals surface area contributed by atoms with Crippen molar-refractivity contribution in [2.45, 2.75) is 4.90 Å². The Morgan fingerprint density at radius 3 is 2.35 bits per heavy atom. The van der Waals surface area contributed by atoms with Gasteiger partial charge in [-0.2, -0.15) is 0 Å². The zero-order chi connectivity index (χ0) is 14.8. The summed E-state index contributed by atoms with van der Waals surface area (Å²) >= 11 is 0. The lowest BCUT2D eigenvalue weighted by atomic mass is 10.2. The number of carbonyl (C=O) groups is 1. The molecule has 3 N–H and O–H groups in total. The van der Waals surface area contributed by atoms with Gasteiger partial charge in [0.05, 0.1) is 10.6 Å². The van der Waals surface area contributed by atoms with Gasteiger partial charge in [-0.05, 0) is 30.3 Å². The highest BCUT2D eigenvalue weighted by atomic mass is 32.2. The molecular weight excluding hydrogens is 283 g/mol. The van der Waals surface area contributed by atoms with Gasteiger partial charge in [-0.1, -0.05) is 18.2 Å². The first kappa shape index (κ1) is 14.0. The van der Waals surface area contributed by atoms with E-state index in [0.29, 0.717) is 0 Å². The molecule has 0 heterocycles. The van der Waals surface area contributed by atoms with Gasteiger partial charge in [0.1, 0.15) is 5.82 Å². The van der Waals surface area contributed by atoms with E-state index in [1.165, 1.54) is 18.2 Å². The third-order valence-corrected chi connectivity index (χ3v) is 3.93. The van der Waals surface area contributed by atoms with E-state index in [2.05, 4.69) is 4.72 Å². The summed E-state index contributed by atoms with van der Waals surface area (Å²) in [5.74, 6) is -1.57. The molecule has 104 valence electrons. The average molecular weight is 294 g/mol. The highest BCUT2D eigenvalue weighted by molar-refractivity contribution is 7.92. The van der Waals surface area contributed by atoms with E-state index in [1.54, 1.807) is 18.2 Å². The third kappa shape index (κ3) is 2.94. The normalized spacial score (nSPS) is 11.1. The van der Waals surface area contributed by atoms with Crippen molar-refractivity contribution in [1.82, 2.24) is 0 Å². The lowest BCUT2D eigenvalue weighted by Gasteiger charge is -2.09. The van der Waals surface area contributed by atoms with Gasteiger partial charge in [-0.15, -0.1) is 0 Å². The lowest BCUT2D eigenvalue weighted by molar-refractivity contribution is 0.100. The fourth-order valence-corrected chi connectivity index (χ4v) is 2.64. The first-order valence-corrected chi connectivity index (χ1v) is 7.06. The monoisotopic (exact) mass is 294 g/mol. The molecule has 0 aliphatic rings. The molecule has 0 aliphatic heterocycles. The molecule has 1 amide bonds. The average Bonchev–Trinajstić information content (AvgIpc) is 2.42. The number of amides is 1. The van der Waals surface area contributed by atoms with Crippen molar-refractivity contribution in [1.29, 1.82) is 0 Å². The van der Waals surface area contributed by atoms with Gasteiger partial charge >= 0.3 is 0 Å². The van der Waals surface area contributed by atoms with Crippen LogP contribution < -0.4 is 10.5 Å². The topological polar surface area (TPSA) is 89.3 Å². The zero-order valence-electron chi connectivity index (χ0n) is 10.2. The number of hydrogen-bond donors (Lipinski definition) is 2. The molecule has 0 aliphatic carbocycles. The molecule has 0 aromatic heterocycles. The number of rotatable bonds is 4. The van der Waals surface area contributed by atoms with Gasteiger partial charge < -0.3 is 5.73 Å². The van der Waals surface area contributed by atoms with E-state index < -0.39 is 21.7 Å². The first-order valence-electron chi connectivity index (χ1n) is 5.57. The molecule has 2 aromatic rings. The van der Waals surface area contributed by atoms with Crippen molar-refractivity contribution >= 4 is 21.6 Å². The zero-order valence-corrected chi connectivity index (χ0v) is 11.0. The molecule has 7 heteroatoms. The number of sulfonamides is 1. The number of primary amides is 1. The van der Waals surface area contributed by atoms with Crippen LogP contribution in [0.25, 0.3) is 0 Å². The number of anilines is 1. The molecule has 0 spiro atoms. The summed E-state index contributed by atoms with van der Waals surface area (Å²) < 4.78 is 39.8. The predicted molar refractivity (Wildman–Crippen MR) is 72.2 cm³/mol. The molecule has 0 bridgehead atoms. The molecule has 0 radical (unpaired) electrons. The minimum absolute atomic E-state index is 0.0103. The molecule has 0 atom stereocenters. The van der Waals surface area contributed by atoms with Crippen molar-refractivity contribution in [3.8, 4) is 0 Å². The molecular formula is C13H11FN2O3S.